The minimum Gasteiger partial charge on any atom is -0.267 e. The third-order valence-electron chi connectivity index (χ3n) is 3.43. The van der Waals surface area contributed by atoms with Crippen LogP contribution in [0.5, 0.6) is 0 Å². The summed E-state index contributed by atoms with van der Waals surface area (Å²) in [5.41, 5.74) is 3.97. The fourth-order valence-corrected chi connectivity index (χ4v) is 2.50. The van der Waals surface area contributed by atoms with E-state index in [0.717, 1.165) is 0 Å². The molecule has 0 atom stereocenters. The Labute approximate surface area is 153 Å². The zero-order valence-corrected chi connectivity index (χ0v) is 15.2. The second-order valence-electron chi connectivity index (χ2n) is 5.35. The first kappa shape index (κ1) is 18.9. The van der Waals surface area contributed by atoms with Gasteiger partial charge in [-0.2, -0.15) is 10.2 Å². The number of nitrogens with one attached hydrogen (secondary N) is 1. The number of amides is 1. The standard InChI is InChI=1S/C15H15Cl2N5O3/c1-8(7-21-10(3)14(22(24)25)9(2)20-21)18-19-15(23)11-4-5-12(16)13(17)6-11/h4-6H,7H2,1-3H3,(H,19,23)/b18-8+. The SMILES string of the molecule is C/C(Cn1nc(C)c([N+](=O)[O-])c1C)=N\NC(=O)c1ccc(Cl)c(Cl)c1. The molecule has 1 heterocycles. The number of hydrogen-bond donors (Lipinski definition) is 1. The average molecular weight is 384 g/mol. The summed E-state index contributed by atoms with van der Waals surface area (Å²) in [5.74, 6) is -0.447. The molecule has 132 valence electrons. The fraction of sp³-hybridized carbons (Fsp3) is 0.267. The molecule has 2 rings (SSSR count). The van der Waals surface area contributed by atoms with Gasteiger partial charge in [-0.1, -0.05) is 23.2 Å². The van der Waals surface area contributed by atoms with Crippen molar-refractivity contribution in [3.63, 3.8) is 0 Å². The highest BCUT2D eigenvalue weighted by atomic mass is 35.5. The molecule has 0 aliphatic heterocycles. The van der Waals surface area contributed by atoms with Crippen LogP contribution in [0.4, 0.5) is 5.69 Å². The predicted octanol–water partition coefficient (Wildman–Crippen LogP) is 3.52. The highest BCUT2D eigenvalue weighted by Gasteiger charge is 2.21. The van der Waals surface area contributed by atoms with Gasteiger partial charge in [0.05, 0.1) is 27.2 Å². The molecule has 8 nitrogen and oxygen atoms in total. The van der Waals surface area contributed by atoms with Crippen LogP contribution in [0.15, 0.2) is 23.3 Å². The van der Waals surface area contributed by atoms with Gasteiger partial charge in [0.25, 0.3) is 5.91 Å². The van der Waals surface area contributed by atoms with E-state index in [9.17, 15) is 14.9 Å². The van der Waals surface area contributed by atoms with Crippen LogP contribution in [-0.4, -0.2) is 26.3 Å². The molecule has 0 unspecified atom stereocenters. The number of benzene rings is 1. The van der Waals surface area contributed by atoms with Crippen molar-refractivity contribution in [3.8, 4) is 0 Å². The van der Waals surface area contributed by atoms with Gasteiger partial charge >= 0.3 is 5.69 Å². The van der Waals surface area contributed by atoms with Gasteiger partial charge in [-0.25, -0.2) is 5.43 Å². The van der Waals surface area contributed by atoms with Crippen LogP contribution < -0.4 is 5.43 Å². The van der Waals surface area contributed by atoms with Crippen molar-refractivity contribution < 1.29 is 9.72 Å². The van der Waals surface area contributed by atoms with Crippen LogP contribution in [0.1, 0.15) is 28.7 Å². The van der Waals surface area contributed by atoms with Crippen molar-refractivity contribution >= 4 is 40.5 Å². The number of aryl methyl sites for hydroxylation is 1. The van der Waals surface area contributed by atoms with E-state index in [-0.39, 0.29) is 17.3 Å². The number of nitro groups is 1. The molecule has 0 bridgehead atoms. The summed E-state index contributed by atoms with van der Waals surface area (Å²) in [6.07, 6.45) is 0. The van der Waals surface area contributed by atoms with Gasteiger partial charge < -0.3 is 0 Å². The van der Waals surface area contributed by atoms with Gasteiger partial charge in [0.15, 0.2) is 0 Å². The van der Waals surface area contributed by atoms with Crippen LogP contribution in [0.25, 0.3) is 0 Å². The Kier molecular flexibility index (Phi) is 5.76. The number of rotatable bonds is 5. The fourth-order valence-electron chi connectivity index (χ4n) is 2.21. The van der Waals surface area contributed by atoms with Gasteiger partial charge in [0.1, 0.15) is 11.4 Å². The molecule has 0 radical (unpaired) electrons. The highest BCUT2D eigenvalue weighted by Crippen LogP contribution is 2.23. The van der Waals surface area contributed by atoms with E-state index in [1.54, 1.807) is 20.8 Å². The maximum absolute atomic E-state index is 12.0. The topological polar surface area (TPSA) is 102 Å². The molecule has 25 heavy (non-hydrogen) atoms. The molecular weight excluding hydrogens is 369 g/mol. The van der Waals surface area contributed by atoms with Crippen LogP contribution in [0.2, 0.25) is 10.0 Å². The van der Waals surface area contributed by atoms with Crippen LogP contribution in [0.3, 0.4) is 0 Å². The zero-order valence-electron chi connectivity index (χ0n) is 13.7. The summed E-state index contributed by atoms with van der Waals surface area (Å²) in [6.45, 7) is 5.07. The van der Waals surface area contributed by atoms with Gasteiger partial charge in [-0.3, -0.25) is 19.6 Å². The van der Waals surface area contributed by atoms with Crippen LogP contribution >= 0.6 is 23.2 Å². The van der Waals surface area contributed by atoms with Crippen molar-refractivity contribution in [1.29, 1.82) is 0 Å². The first-order valence-corrected chi connectivity index (χ1v) is 7.93. The molecular formula is C15H15Cl2N5O3. The first-order chi connectivity index (χ1) is 11.7. The van der Waals surface area contributed by atoms with Gasteiger partial charge in [-0.15, -0.1) is 0 Å². The number of aromatic nitrogens is 2. The summed E-state index contributed by atoms with van der Waals surface area (Å²) in [6, 6.07) is 4.48. The third-order valence-corrected chi connectivity index (χ3v) is 4.17. The van der Waals surface area contributed by atoms with Gasteiger partial charge in [0, 0.05) is 5.56 Å². The largest absolute Gasteiger partial charge is 0.312 e. The van der Waals surface area contributed by atoms with E-state index in [2.05, 4.69) is 15.6 Å². The molecule has 0 aliphatic carbocycles. The Morgan fingerprint density at radius 3 is 2.60 bits per heavy atom. The molecule has 0 saturated heterocycles. The predicted molar refractivity (Wildman–Crippen MR) is 95.4 cm³/mol. The smallest absolute Gasteiger partial charge is 0.267 e. The Morgan fingerprint density at radius 2 is 2.04 bits per heavy atom. The van der Waals surface area contributed by atoms with E-state index in [1.807, 2.05) is 0 Å². The minimum absolute atomic E-state index is 0.0207. The number of halogens is 2. The molecule has 2 aromatic rings. The van der Waals surface area contributed by atoms with Crippen molar-refractivity contribution in [2.24, 2.45) is 5.10 Å². The van der Waals surface area contributed by atoms with Gasteiger partial charge in [-0.05, 0) is 39.0 Å². The number of hydrogen-bond acceptors (Lipinski definition) is 5. The summed E-state index contributed by atoms with van der Waals surface area (Å²) in [4.78, 5) is 22.6. The second-order valence-corrected chi connectivity index (χ2v) is 6.17. The number of carbonyl (C=O) groups is 1. The summed E-state index contributed by atoms with van der Waals surface area (Å²) < 4.78 is 1.47. The molecule has 1 aromatic heterocycles. The average Bonchev–Trinajstić information content (AvgIpc) is 2.81. The molecule has 1 aromatic carbocycles. The van der Waals surface area contributed by atoms with Crippen molar-refractivity contribution in [2.45, 2.75) is 27.3 Å². The van der Waals surface area contributed by atoms with E-state index in [1.165, 1.54) is 22.9 Å². The van der Waals surface area contributed by atoms with Gasteiger partial charge in [0.2, 0.25) is 0 Å². The molecule has 1 N–H and O–H groups in total. The van der Waals surface area contributed by atoms with E-state index in [0.29, 0.717) is 27.7 Å². The molecule has 10 heteroatoms. The maximum atomic E-state index is 12.0. The maximum Gasteiger partial charge on any atom is 0.312 e. The van der Waals surface area contributed by atoms with Crippen molar-refractivity contribution in [2.75, 3.05) is 0 Å². The highest BCUT2D eigenvalue weighted by molar-refractivity contribution is 6.42. The summed E-state index contributed by atoms with van der Waals surface area (Å²) in [5, 5.41) is 19.7. The lowest BCUT2D eigenvalue weighted by molar-refractivity contribution is -0.386. The Hall–Kier alpha value is -2.45. The van der Waals surface area contributed by atoms with E-state index >= 15 is 0 Å². The van der Waals surface area contributed by atoms with Crippen molar-refractivity contribution in [1.82, 2.24) is 15.2 Å². The Morgan fingerprint density at radius 1 is 1.36 bits per heavy atom. The lowest BCUT2D eigenvalue weighted by atomic mass is 10.2. The molecule has 0 saturated carbocycles. The Balaban J connectivity index is 2.09. The van der Waals surface area contributed by atoms with Crippen LogP contribution in [-0.2, 0) is 6.54 Å². The second kappa shape index (κ2) is 7.62. The number of hydrazone groups is 1. The minimum atomic E-state index is -0.466. The summed E-state index contributed by atoms with van der Waals surface area (Å²) in [7, 11) is 0. The Bertz CT molecular complexity index is 876. The van der Waals surface area contributed by atoms with E-state index < -0.39 is 10.8 Å². The third kappa shape index (κ3) is 4.34. The zero-order chi connectivity index (χ0) is 18.7. The first-order valence-electron chi connectivity index (χ1n) is 7.17. The summed E-state index contributed by atoms with van der Waals surface area (Å²) >= 11 is 11.7. The molecule has 0 spiro atoms. The molecule has 0 fully saturated rings. The van der Waals surface area contributed by atoms with Crippen molar-refractivity contribution in [3.05, 3.63) is 55.3 Å². The lowest BCUT2D eigenvalue weighted by Gasteiger charge is -2.05. The monoisotopic (exact) mass is 383 g/mol. The molecule has 0 aliphatic rings. The van der Waals surface area contributed by atoms with Crippen LogP contribution in [0, 0.1) is 24.0 Å². The van der Waals surface area contributed by atoms with E-state index in [4.69, 9.17) is 23.2 Å². The quantitative estimate of drug-likeness (QED) is 0.484. The normalized spacial score (nSPS) is 11.5. The number of nitrogens with zero attached hydrogens (tertiary/aromatic N) is 4. The lowest BCUT2D eigenvalue weighted by Crippen LogP contribution is -2.21. The number of carbonyl (C=O) groups excluding carboxylic acids is 1. The molecule has 1 amide bonds.